The number of non-ortho nitro benzene ring substituents is 1. The lowest BCUT2D eigenvalue weighted by molar-refractivity contribution is -0.384. The van der Waals surface area contributed by atoms with Crippen LogP contribution in [0.25, 0.3) is 28.5 Å². The topological polar surface area (TPSA) is 168 Å². The molecule has 0 bridgehead atoms. The van der Waals surface area contributed by atoms with Gasteiger partial charge in [-0.15, -0.1) is 0 Å². The van der Waals surface area contributed by atoms with Crippen molar-refractivity contribution < 1.29 is 33.7 Å². The Morgan fingerprint density at radius 3 is 2.53 bits per heavy atom. The fourth-order valence-corrected chi connectivity index (χ4v) is 4.14. The number of anilines is 1. The normalized spacial score (nSPS) is 11.8. The van der Waals surface area contributed by atoms with Crippen molar-refractivity contribution in [3.05, 3.63) is 93.8 Å². The van der Waals surface area contributed by atoms with Crippen molar-refractivity contribution in [3.63, 3.8) is 0 Å². The molecule has 1 aromatic heterocycles. The van der Waals surface area contributed by atoms with Gasteiger partial charge >= 0.3 is 7.60 Å². The van der Waals surface area contributed by atoms with Crippen LogP contribution in [0.5, 0.6) is 0 Å². The summed E-state index contributed by atoms with van der Waals surface area (Å²) in [6.45, 7) is 0. The summed E-state index contributed by atoms with van der Waals surface area (Å²) in [5.74, 6) is -1.11. The number of hydrogen-bond acceptors (Lipinski definition) is 6. The van der Waals surface area contributed by atoms with Crippen LogP contribution < -0.4 is 5.32 Å². The first kappa shape index (κ1) is 24.7. The lowest BCUT2D eigenvalue weighted by atomic mass is 10.1. The number of nitrogens with zero attached hydrogens (tertiary/aromatic N) is 3. The Morgan fingerprint density at radius 2 is 1.86 bits per heavy atom. The summed E-state index contributed by atoms with van der Waals surface area (Å²) >= 11 is 0. The van der Waals surface area contributed by atoms with Gasteiger partial charge in [-0.1, -0.05) is 6.07 Å². The highest BCUT2D eigenvalue weighted by atomic mass is 31.2. The number of imidazole rings is 1. The third-order valence-electron chi connectivity index (χ3n) is 5.11. The molecule has 0 radical (unpaired) electrons. The standard InChI is InChI=1S/C23H18FN4O7P/c24-19-8-1-14(11-16(19)13-36(33,34)35)2-10-22(29)25-17-5-3-15(4-6-17)23-26-20-9-7-18(28(31)32)12-21(20)27(23)30/h1-12,30H,13H2,(H,25,29)(H2,33,34,35). The molecule has 0 aliphatic rings. The van der Waals surface area contributed by atoms with E-state index in [2.05, 4.69) is 10.3 Å². The van der Waals surface area contributed by atoms with Crippen molar-refractivity contribution >= 4 is 42.0 Å². The van der Waals surface area contributed by atoms with Crippen LogP contribution in [0, 0.1) is 15.9 Å². The van der Waals surface area contributed by atoms with Crippen LogP contribution in [0.1, 0.15) is 11.1 Å². The van der Waals surface area contributed by atoms with Gasteiger partial charge in [-0.2, -0.15) is 4.73 Å². The molecule has 1 amide bonds. The minimum Gasteiger partial charge on any atom is -0.426 e. The van der Waals surface area contributed by atoms with Crippen molar-refractivity contribution in [2.24, 2.45) is 0 Å². The summed E-state index contributed by atoms with van der Waals surface area (Å²) < 4.78 is 25.7. The molecule has 1 heterocycles. The minimum atomic E-state index is -4.46. The summed E-state index contributed by atoms with van der Waals surface area (Å²) in [5, 5.41) is 24.0. The maximum atomic E-state index is 13.8. The van der Waals surface area contributed by atoms with Crippen LogP contribution in [0.2, 0.25) is 0 Å². The van der Waals surface area contributed by atoms with E-state index in [4.69, 9.17) is 9.79 Å². The summed E-state index contributed by atoms with van der Waals surface area (Å²) in [7, 11) is -4.46. The Morgan fingerprint density at radius 1 is 1.14 bits per heavy atom. The molecule has 4 rings (SSSR count). The lowest BCUT2D eigenvalue weighted by Gasteiger charge is -2.07. The molecule has 0 unspecified atom stereocenters. The SMILES string of the molecule is O=C(C=Cc1ccc(F)c(CP(=O)(O)O)c1)Nc1ccc(-c2nc3ccc([N+](=O)[O-])cc3n2O)cc1. The molecule has 0 saturated heterocycles. The largest absolute Gasteiger partial charge is 0.426 e. The zero-order valence-electron chi connectivity index (χ0n) is 18.3. The van der Waals surface area contributed by atoms with Gasteiger partial charge in [0.1, 0.15) is 11.3 Å². The Hall–Kier alpha value is -4.38. The number of fused-ring (bicyclic) bond motifs is 1. The maximum Gasteiger partial charge on any atom is 0.330 e. The van der Waals surface area contributed by atoms with Gasteiger partial charge in [0.05, 0.1) is 16.6 Å². The molecule has 13 heteroatoms. The third kappa shape index (κ3) is 5.63. The quantitative estimate of drug-likeness (QED) is 0.0933. The maximum absolute atomic E-state index is 13.8. The van der Waals surface area contributed by atoms with Crippen molar-refractivity contribution in [2.75, 3.05) is 5.32 Å². The first-order valence-corrected chi connectivity index (χ1v) is 12.1. The van der Waals surface area contributed by atoms with E-state index in [-0.39, 0.29) is 22.6 Å². The Kier molecular flexibility index (Phi) is 6.67. The molecular formula is C23H18FN4O7P. The number of nitro benzene ring substituents is 1. The van der Waals surface area contributed by atoms with Gasteiger partial charge in [-0.3, -0.25) is 19.5 Å². The van der Waals surface area contributed by atoms with E-state index in [1.54, 1.807) is 24.3 Å². The predicted octanol–water partition coefficient (Wildman–Crippen LogP) is 4.32. The van der Waals surface area contributed by atoms with Gasteiger partial charge < -0.3 is 20.3 Å². The van der Waals surface area contributed by atoms with Crippen molar-refractivity contribution in [3.8, 4) is 11.4 Å². The number of hydrogen-bond donors (Lipinski definition) is 4. The average molecular weight is 512 g/mol. The first-order valence-electron chi connectivity index (χ1n) is 10.3. The lowest BCUT2D eigenvalue weighted by Crippen LogP contribution is -2.07. The van der Waals surface area contributed by atoms with E-state index in [1.807, 2.05) is 0 Å². The second kappa shape index (κ2) is 9.70. The Balaban J connectivity index is 1.47. The molecule has 0 fully saturated rings. The van der Waals surface area contributed by atoms with E-state index < -0.39 is 30.4 Å². The van der Waals surface area contributed by atoms with Crippen LogP contribution in [0.15, 0.2) is 66.7 Å². The fraction of sp³-hybridized carbons (Fsp3) is 0.0435. The molecule has 36 heavy (non-hydrogen) atoms. The van der Waals surface area contributed by atoms with Crippen LogP contribution >= 0.6 is 7.60 Å². The molecule has 0 atom stereocenters. The molecule has 4 N–H and O–H groups in total. The molecule has 0 aliphatic carbocycles. The van der Waals surface area contributed by atoms with Gasteiger partial charge in [0.25, 0.3) is 5.69 Å². The number of halogens is 1. The van der Waals surface area contributed by atoms with E-state index in [1.165, 1.54) is 42.5 Å². The van der Waals surface area contributed by atoms with E-state index in [0.717, 1.165) is 10.8 Å². The molecule has 184 valence electrons. The average Bonchev–Trinajstić information content (AvgIpc) is 3.15. The smallest absolute Gasteiger partial charge is 0.330 e. The highest BCUT2D eigenvalue weighted by Crippen LogP contribution is 2.39. The van der Waals surface area contributed by atoms with Gasteiger partial charge in [-0.05, 0) is 54.1 Å². The molecule has 0 spiro atoms. The summed E-state index contributed by atoms with van der Waals surface area (Å²) in [6, 6.07) is 13.9. The van der Waals surface area contributed by atoms with Crippen LogP contribution in [0.3, 0.4) is 0 Å². The highest BCUT2D eigenvalue weighted by molar-refractivity contribution is 7.50. The van der Waals surface area contributed by atoms with Crippen LogP contribution in [0.4, 0.5) is 15.8 Å². The fourth-order valence-electron chi connectivity index (χ4n) is 3.45. The minimum absolute atomic E-state index is 0.158. The zero-order chi connectivity index (χ0) is 26.0. The predicted molar refractivity (Wildman–Crippen MR) is 129 cm³/mol. The number of benzene rings is 3. The van der Waals surface area contributed by atoms with Crippen molar-refractivity contribution in [1.82, 2.24) is 9.71 Å². The second-order valence-corrected chi connectivity index (χ2v) is 9.40. The van der Waals surface area contributed by atoms with Gasteiger partial charge in [0.15, 0.2) is 5.82 Å². The summed E-state index contributed by atoms with van der Waals surface area (Å²) in [6.07, 6.45) is 1.81. The number of nitro groups is 1. The van der Waals surface area contributed by atoms with E-state index in [9.17, 15) is 29.1 Å². The van der Waals surface area contributed by atoms with Crippen LogP contribution in [-0.4, -0.2) is 35.5 Å². The number of carbonyl (C=O) groups excluding carboxylic acids is 1. The van der Waals surface area contributed by atoms with Crippen molar-refractivity contribution in [1.29, 1.82) is 0 Å². The summed E-state index contributed by atoms with van der Waals surface area (Å²) in [5.41, 5.74) is 1.49. The molecule has 0 aliphatic heterocycles. The van der Waals surface area contributed by atoms with E-state index >= 15 is 0 Å². The molecular weight excluding hydrogens is 494 g/mol. The van der Waals surface area contributed by atoms with Crippen LogP contribution in [-0.2, 0) is 15.5 Å². The van der Waals surface area contributed by atoms with Gasteiger partial charge in [0, 0.05) is 35.0 Å². The highest BCUT2D eigenvalue weighted by Gasteiger charge is 2.18. The second-order valence-electron chi connectivity index (χ2n) is 7.75. The molecule has 3 aromatic carbocycles. The molecule has 11 nitrogen and oxygen atoms in total. The summed E-state index contributed by atoms with van der Waals surface area (Å²) in [4.78, 5) is 45.1. The Bertz CT molecular complexity index is 1560. The van der Waals surface area contributed by atoms with Gasteiger partial charge in [-0.25, -0.2) is 9.37 Å². The monoisotopic (exact) mass is 512 g/mol. The molecule has 4 aromatic rings. The third-order valence-corrected chi connectivity index (χ3v) is 5.86. The zero-order valence-corrected chi connectivity index (χ0v) is 19.2. The number of aromatic nitrogens is 2. The van der Waals surface area contributed by atoms with Gasteiger partial charge in [0.2, 0.25) is 5.91 Å². The first-order chi connectivity index (χ1) is 17.0. The number of carbonyl (C=O) groups is 1. The van der Waals surface area contributed by atoms with Crippen molar-refractivity contribution in [2.45, 2.75) is 6.16 Å². The number of amides is 1. The molecule has 0 saturated carbocycles. The van der Waals surface area contributed by atoms with E-state index in [0.29, 0.717) is 22.3 Å². The Labute approximate surface area is 202 Å². The number of nitrogens with one attached hydrogen (secondary N) is 1. The number of rotatable bonds is 7.